The number of hydrogen-bond donors (Lipinski definition) is 0. The van der Waals surface area contributed by atoms with Crippen LogP contribution in [0, 0.1) is 0 Å². The molecule has 9 heteroatoms. The quantitative estimate of drug-likeness (QED) is 0.0703. The van der Waals surface area contributed by atoms with Crippen molar-refractivity contribution in [1.82, 2.24) is 0 Å². The van der Waals surface area contributed by atoms with E-state index in [2.05, 4.69) is 109 Å². The molecular formula is C50H52O9. The Labute approximate surface area is 344 Å². The SMILES string of the molecule is c1cc2ccc3ccc(COCCOCCOC4(COCCOCc5ccc6ccc7cccc8ccc5c6c78)COCCOCCOCCOC4)c4ccc(c1)c2c34. The van der Waals surface area contributed by atoms with E-state index in [0.717, 1.165) is 5.56 Å². The van der Waals surface area contributed by atoms with Crippen LogP contribution in [0.3, 0.4) is 0 Å². The van der Waals surface area contributed by atoms with Gasteiger partial charge in [0.15, 0.2) is 0 Å². The van der Waals surface area contributed by atoms with Crippen LogP contribution in [-0.2, 0) is 55.8 Å². The summed E-state index contributed by atoms with van der Waals surface area (Å²) in [7, 11) is 0. The van der Waals surface area contributed by atoms with E-state index in [-0.39, 0.29) is 19.8 Å². The molecule has 0 aliphatic carbocycles. The second kappa shape index (κ2) is 19.2. The fraction of sp³-hybridized carbons (Fsp3) is 0.360. The van der Waals surface area contributed by atoms with E-state index < -0.39 is 5.60 Å². The molecule has 1 aliphatic heterocycles. The molecular weight excluding hydrogens is 745 g/mol. The number of hydrogen-bond acceptors (Lipinski definition) is 9. The molecule has 0 atom stereocenters. The maximum Gasteiger partial charge on any atom is 0.138 e. The van der Waals surface area contributed by atoms with Crippen molar-refractivity contribution in [2.45, 2.75) is 18.8 Å². The normalized spacial score (nSPS) is 16.1. The molecule has 0 amide bonds. The van der Waals surface area contributed by atoms with Gasteiger partial charge in [-0.2, -0.15) is 0 Å². The highest BCUT2D eigenvalue weighted by Gasteiger charge is 2.33. The molecule has 0 spiro atoms. The van der Waals surface area contributed by atoms with Gasteiger partial charge in [-0.05, 0) is 75.8 Å². The van der Waals surface area contributed by atoms with Crippen molar-refractivity contribution in [1.29, 1.82) is 0 Å². The average Bonchev–Trinajstić information content (AvgIpc) is 3.30. The molecule has 306 valence electrons. The lowest BCUT2D eigenvalue weighted by molar-refractivity contribution is -0.177. The summed E-state index contributed by atoms with van der Waals surface area (Å²) in [6.45, 7) is 7.11. The van der Waals surface area contributed by atoms with Crippen LogP contribution < -0.4 is 0 Å². The molecule has 0 radical (unpaired) electrons. The van der Waals surface area contributed by atoms with Crippen LogP contribution in [0.4, 0.5) is 0 Å². The molecule has 1 fully saturated rings. The lowest BCUT2D eigenvalue weighted by Gasteiger charge is -2.33. The molecule has 0 unspecified atom stereocenters. The monoisotopic (exact) mass is 796 g/mol. The molecule has 8 aromatic rings. The van der Waals surface area contributed by atoms with Crippen molar-refractivity contribution >= 4 is 64.6 Å². The van der Waals surface area contributed by atoms with Crippen LogP contribution in [0.15, 0.2) is 109 Å². The second-order valence-corrected chi connectivity index (χ2v) is 15.3. The van der Waals surface area contributed by atoms with Gasteiger partial charge >= 0.3 is 0 Å². The van der Waals surface area contributed by atoms with Gasteiger partial charge in [0.05, 0.1) is 112 Å². The predicted molar refractivity (Wildman–Crippen MR) is 233 cm³/mol. The van der Waals surface area contributed by atoms with Crippen LogP contribution in [0.25, 0.3) is 64.6 Å². The van der Waals surface area contributed by atoms with Gasteiger partial charge in [0.25, 0.3) is 0 Å². The van der Waals surface area contributed by atoms with E-state index in [1.807, 2.05) is 0 Å². The zero-order valence-electron chi connectivity index (χ0n) is 33.6. The molecule has 0 N–H and O–H groups in total. The molecule has 1 heterocycles. The van der Waals surface area contributed by atoms with Gasteiger partial charge in [0.2, 0.25) is 0 Å². The van der Waals surface area contributed by atoms with Crippen LogP contribution >= 0.6 is 0 Å². The van der Waals surface area contributed by atoms with Gasteiger partial charge in [-0.25, -0.2) is 0 Å². The molecule has 0 bridgehead atoms. The smallest absolute Gasteiger partial charge is 0.138 e. The largest absolute Gasteiger partial charge is 0.377 e. The first-order chi connectivity index (χ1) is 29.3. The summed E-state index contributed by atoms with van der Waals surface area (Å²) in [5, 5.41) is 15.2. The van der Waals surface area contributed by atoms with Crippen molar-refractivity contribution in [2.75, 3.05) is 99.1 Å². The summed E-state index contributed by atoms with van der Waals surface area (Å²) in [6.07, 6.45) is 0. The van der Waals surface area contributed by atoms with Crippen molar-refractivity contribution in [3.8, 4) is 0 Å². The van der Waals surface area contributed by atoms with Crippen molar-refractivity contribution in [2.24, 2.45) is 0 Å². The lowest BCUT2D eigenvalue weighted by Crippen LogP contribution is -2.48. The Morgan fingerprint density at radius 2 is 0.763 bits per heavy atom. The molecule has 9 rings (SSSR count). The Hall–Kier alpha value is -4.52. The average molecular weight is 797 g/mol. The summed E-state index contributed by atoms with van der Waals surface area (Å²) >= 11 is 0. The minimum atomic E-state index is -0.852. The highest BCUT2D eigenvalue weighted by Crippen LogP contribution is 2.37. The van der Waals surface area contributed by atoms with E-state index in [0.29, 0.717) is 92.5 Å². The summed E-state index contributed by atoms with van der Waals surface area (Å²) in [5.41, 5.74) is 1.48. The van der Waals surface area contributed by atoms with Crippen molar-refractivity contribution < 1.29 is 42.6 Å². The highest BCUT2D eigenvalue weighted by molar-refractivity contribution is 6.24. The topological polar surface area (TPSA) is 83.1 Å². The third-order valence-electron chi connectivity index (χ3n) is 11.3. The summed E-state index contributed by atoms with van der Waals surface area (Å²) in [4.78, 5) is 0. The molecule has 0 saturated carbocycles. The predicted octanol–water partition coefficient (Wildman–Crippen LogP) is 9.08. The summed E-state index contributed by atoms with van der Waals surface area (Å²) in [6, 6.07) is 39.4. The first kappa shape index (κ1) is 39.9. The van der Waals surface area contributed by atoms with E-state index in [4.69, 9.17) is 42.6 Å². The minimum absolute atomic E-state index is 0.263. The van der Waals surface area contributed by atoms with Crippen molar-refractivity contribution in [3.05, 3.63) is 120 Å². The first-order valence-electron chi connectivity index (χ1n) is 20.8. The van der Waals surface area contributed by atoms with Gasteiger partial charge < -0.3 is 42.6 Å². The number of rotatable bonds is 16. The Balaban J connectivity index is 0.761. The van der Waals surface area contributed by atoms with Gasteiger partial charge in [0, 0.05) is 0 Å². The third-order valence-corrected chi connectivity index (χ3v) is 11.3. The number of benzene rings is 8. The van der Waals surface area contributed by atoms with Crippen LogP contribution in [-0.4, -0.2) is 105 Å². The molecule has 1 saturated heterocycles. The maximum absolute atomic E-state index is 6.50. The van der Waals surface area contributed by atoms with Crippen LogP contribution in [0.1, 0.15) is 11.1 Å². The third kappa shape index (κ3) is 9.15. The Morgan fingerprint density at radius 1 is 0.373 bits per heavy atom. The number of ether oxygens (including phenoxy) is 9. The summed E-state index contributed by atoms with van der Waals surface area (Å²) in [5.74, 6) is 0. The van der Waals surface area contributed by atoms with Gasteiger partial charge in [-0.15, -0.1) is 0 Å². The standard InChI is InChI=1S/C50H52O9/c1-3-36-7-9-40-11-13-42(44-17-15-38(5-1)46(36)48(40)44)31-54-24-21-53-29-30-59-50(33-56-26-22-51-19-20-52-23-27-57-34-50)35-58-28-25-55-32-43-14-12-41-10-8-37-4-2-6-39-16-18-45(43)49(41)47(37)39/h1-18H,19-35H2. The minimum Gasteiger partial charge on any atom is -0.377 e. The second-order valence-electron chi connectivity index (χ2n) is 15.3. The van der Waals surface area contributed by atoms with Crippen LogP contribution in [0.5, 0.6) is 0 Å². The molecule has 1 aliphatic rings. The van der Waals surface area contributed by atoms with E-state index >= 15 is 0 Å². The molecule has 0 aromatic heterocycles. The Kier molecular flexibility index (Phi) is 13.0. The molecule has 59 heavy (non-hydrogen) atoms. The zero-order valence-corrected chi connectivity index (χ0v) is 33.6. The molecule has 8 aromatic carbocycles. The van der Waals surface area contributed by atoms with Gasteiger partial charge in [0.1, 0.15) is 5.60 Å². The fourth-order valence-electron chi connectivity index (χ4n) is 8.44. The first-order valence-corrected chi connectivity index (χ1v) is 20.8. The highest BCUT2D eigenvalue weighted by atomic mass is 16.6. The van der Waals surface area contributed by atoms with E-state index in [1.165, 1.54) is 70.2 Å². The van der Waals surface area contributed by atoms with Crippen LogP contribution in [0.2, 0.25) is 0 Å². The summed E-state index contributed by atoms with van der Waals surface area (Å²) < 4.78 is 54.4. The fourth-order valence-corrected chi connectivity index (χ4v) is 8.44. The zero-order chi connectivity index (χ0) is 39.7. The van der Waals surface area contributed by atoms with E-state index in [9.17, 15) is 0 Å². The molecule has 9 nitrogen and oxygen atoms in total. The van der Waals surface area contributed by atoms with E-state index in [1.54, 1.807) is 0 Å². The Bertz CT molecular complexity index is 2520. The van der Waals surface area contributed by atoms with Gasteiger partial charge in [-0.3, -0.25) is 0 Å². The lowest BCUT2D eigenvalue weighted by atomic mass is 9.92. The Morgan fingerprint density at radius 3 is 1.27 bits per heavy atom. The van der Waals surface area contributed by atoms with Gasteiger partial charge in [-0.1, -0.05) is 109 Å². The van der Waals surface area contributed by atoms with Crippen molar-refractivity contribution in [3.63, 3.8) is 0 Å². The maximum atomic E-state index is 6.50.